The van der Waals surface area contributed by atoms with Gasteiger partial charge in [0.2, 0.25) is 0 Å². The van der Waals surface area contributed by atoms with Crippen LogP contribution in [0.1, 0.15) is 16.8 Å². The summed E-state index contributed by atoms with van der Waals surface area (Å²) in [6, 6.07) is 3.03. The fourth-order valence-electron chi connectivity index (χ4n) is 2.00. The standard InChI is InChI=1S/C13H15FN2O3S/c1-16(9-4-5-20-7-9)13(19)15-11-3-2-8(14)6-10(11)12(17)18/h2-3,6,9H,4-5,7H2,1H3,(H,15,19)(H,17,18). The lowest BCUT2D eigenvalue weighted by atomic mass is 10.1. The molecule has 5 nitrogen and oxygen atoms in total. The maximum absolute atomic E-state index is 13.1. The maximum Gasteiger partial charge on any atom is 0.337 e. The average molecular weight is 298 g/mol. The third kappa shape index (κ3) is 3.22. The number of carbonyl (C=O) groups is 2. The first-order valence-corrected chi connectivity index (χ1v) is 7.29. The van der Waals surface area contributed by atoms with Crippen molar-refractivity contribution >= 4 is 29.4 Å². The van der Waals surface area contributed by atoms with E-state index < -0.39 is 11.8 Å². The molecule has 20 heavy (non-hydrogen) atoms. The van der Waals surface area contributed by atoms with Crippen LogP contribution in [0, 0.1) is 5.82 Å². The number of rotatable bonds is 3. The zero-order valence-electron chi connectivity index (χ0n) is 10.9. The van der Waals surface area contributed by atoms with E-state index in [4.69, 9.17) is 5.11 Å². The van der Waals surface area contributed by atoms with Crippen LogP contribution < -0.4 is 5.32 Å². The Balaban J connectivity index is 2.12. The lowest BCUT2D eigenvalue weighted by Crippen LogP contribution is -2.40. The van der Waals surface area contributed by atoms with Crippen molar-refractivity contribution < 1.29 is 19.1 Å². The maximum atomic E-state index is 13.1. The van der Waals surface area contributed by atoms with Gasteiger partial charge in [-0.25, -0.2) is 14.0 Å². The second kappa shape index (κ2) is 6.13. The highest BCUT2D eigenvalue weighted by atomic mass is 32.2. The van der Waals surface area contributed by atoms with E-state index in [1.165, 1.54) is 6.07 Å². The minimum absolute atomic E-state index is 0.0985. The highest BCUT2D eigenvalue weighted by Crippen LogP contribution is 2.23. The predicted octanol–water partition coefficient (Wildman–Crippen LogP) is 2.49. The number of carboxylic acid groups (broad SMARTS) is 1. The van der Waals surface area contributed by atoms with E-state index in [9.17, 15) is 14.0 Å². The Kier molecular flexibility index (Phi) is 4.49. The Bertz CT molecular complexity index is 532. The van der Waals surface area contributed by atoms with E-state index in [-0.39, 0.29) is 23.3 Å². The third-order valence-corrected chi connectivity index (χ3v) is 4.37. The molecule has 1 saturated heterocycles. The van der Waals surface area contributed by atoms with Gasteiger partial charge in [-0.2, -0.15) is 11.8 Å². The Morgan fingerprint density at radius 3 is 2.85 bits per heavy atom. The van der Waals surface area contributed by atoms with Crippen molar-refractivity contribution in [2.45, 2.75) is 12.5 Å². The van der Waals surface area contributed by atoms with Crippen LogP contribution in [0.3, 0.4) is 0 Å². The van der Waals surface area contributed by atoms with Crippen LogP contribution in [0.5, 0.6) is 0 Å². The largest absolute Gasteiger partial charge is 0.478 e. The molecule has 0 aliphatic carbocycles. The number of hydrogen-bond acceptors (Lipinski definition) is 3. The number of nitrogens with one attached hydrogen (secondary N) is 1. The molecule has 2 amide bonds. The van der Waals surface area contributed by atoms with Gasteiger partial charge in [0, 0.05) is 18.8 Å². The highest BCUT2D eigenvalue weighted by Gasteiger charge is 2.24. The zero-order valence-corrected chi connectivity index (χ0v) is 11.7. The van der Waals surface area contributed by atoms with Crippen molar-refractivity contribution in [3.05, 3.63) is 29.6 Å². The fourth-order valence-corrected chi connectivity index (χ4v) is 3.27. The fraction of sp³-hybridized carbons (Fsp3) is 0.385. The van der Waals surface area contributed by atoms with E-state index in [1.807, 2.05) is 0 Å². The molecule has 2 N–H and O–H groups in total. The van der Waals surface area contributed by atoms with Gasteiger partial charge in [0.1, 0.15) is 5.82 Å². The summed E-state index contributed by atoms with van der Waals surface area (Å²) in [6.07, 6.45) is 0.920. The number of thioether (sulfide) groups is 1. The summed E-state index contributed by atoms with van der Waals surface area (Å²) >= 11 is 1.78. The number of benzene rings is 1. The number of hydrogen-bond donors (Lipinski definition) is 2. The molecule has 1 aliphatic rings. The third-order valence-electron chi connectivity index (χ3n) is 3.23. The van der Waals surface area contributed by atoms with Gasteiger partial charge in [-0.3, -0.25) is 0 Å². The van der Waals surface area contributed by atoms with Crippen molar-refractivity contribution in [3.8, 4) is 0 Å². The van der Waals surface area contributed by atoms with Crippen molar-refractivity contribution in [3.63, 3.8) is 0 Å². The molecule has 1 aromatic rings. The van der Waals surface area contributed by atoms with Crippen LogP contribution in [0.15, 0.2) is 18.2 Å². The van der Waals surface area contributed by atoms with Crippen molar-refractivity contribution in [1.29, 1.82) is 0 Å². The van der Waals surface area contributed by atoms with Crippen LogP contribution >= 0.6 is 11.8 Å². The summed E-state index contributed by atoms with van der Waals surface area (Å²) < 4.78 is 13.1. The Morgan fingerprint density at radius 2 is 2.25 bits per heavy atom. The molecule has 1 heterocycles. The van der Waals surface area contributed by atoms with E-state index in [0.29, 0.717) is 0 Å². The lowest BCUT2D eigenvalue weighted by molar-refractivity contribution is 0.0697. The molecule has 0 bridgehead atoms. The van der Waals surface area contributed by atoms with Gasteiger partial charge >= 0.3 is 12.0 Å². The molecule has 2 rings (SSSR count). The van der Waals surface area contributed by atoms with Crippen LogP contribution in [-0.4, -0.2) is 46.6 Å². The number of nitrogens with zero attached hydrogens (tertiary/aromatic N) is 1. The molecule has 7 heteroatoms. The first kappa shape index (κ1) is 14.6. The molecule has 1 unspecified atom stereocenters. The van der Waals surface area contributed by atoms with Gasteiger partial charge in [0.25, 0.3) is 0 Å². The summed E-state index contributed by atoms with van der Waals surface area (Å²) in [5, 5.41) is 11.5. The van der Waals surface area contributed by atoms with Gasteiger partial charge in [0.15, 0.2) is 0 Å². The van der Waals surface area contributed by atoms with Crippen LogP contribution in [0.2, 0.25) is 0 Å². The normalized spacial score (nSPS) is 17.8. The molecule has 0 aromatic heterocycles. The molecule has 108 valence electrons. The number of carboxylic acids is 1. The summed E-state index contributed by atoms with van der Waals surface area (Å²) in [5.74, 6) is -0.0435. The molecular formula is C13H15FN2O3S. The Morgan fingerprint density at radius 1 is 1.50 bits per heavy atom. The second-order valence-electron chi connectivity index (χ2n) is 4.55. The number of amides is 2. The molecule has 0 spiro atoms. The Hall–Kier alpha value is -1.76. The first-order chi connectivity index (χ1) is 9.49. The average Bonchev–Trinajstić information content (AvgIpc) is 2.93. The van der Waals surface area contributed by atoms with Gasteiger partial charge in [0.05, 0.1) is 11.3 Å². The van der Waals surface area contributed by atoms with Crippen molar-refractivity contribution in [1.82, 2.24) is 4.90 Å². The van der Waals surface area contributed by atoms with E-state index in [0.717, 1.165) is 30.1 Å². The van der Waals surface area contributed by atoms with Gasteiger partial charge < -0.3 is 15.3 Å². The molecule has 1 aliphatic heterocycles. The summed E-state index contributed by atoms with van der Waals surface area (Å²) in [7, 11) is 1.68. The van der Waals surface area contributed by atoms with Gasteiger partial charge in [-0.1, -0.05) is 0 Å². The SMILES string of the molecule is CN(C(=O)Nc1ccc(F)cc1C(=O)O)C1CCSC1. The molecule has 1 aromatic carbocycles. The van der Waals surface area contributed by atoms with Gasteiger partial charge in [-0.05, 0) is 30.4 Å². The molecule has 0 saturated carbocycles. The number of anilines is 1. The molecular weight excluding hydrogens is 283 g/mol. The van der Waals surface area contributed by atoms with Crippen molar-refractivity contribution in [2.75, 3.05) is 23.9 Å². The summed E-state index contributed by atoms with van der Waals surface area (Å²) in [6.45, 7) is 0. The monoisotopic (exact) mass is 298 g/mol. The quantitative estimate of drug-likeness (QED) is 0.899. The van der Waals surface area contributed by atoms with Crippen molar-refractivity contribution in [2.24, 2.45) is 0 Å². The summed E-state index contributed by atoms with van der Waals surface area (Å²) in [5.41, 5.74) is -0.158. The minimum atomic E-state index is -1.28. The Labute approximate surface area is 120 Å². The van der Waals surface area contributed by atoms with E-state index in [1.54, 1.807) is 23.7 Å². The zero-order chi connectivity index (χ0) is 14.7. The topological polar surface area (TPSA) is 69.6 Å². The summed E-state index contributed by atoms with van der Waals surface area (Å²) in [4.78, 5) is 24.7. The number of urea groups is 1. The van der Waals surface area contributed by atoms with E-state index in [2.05, 4.69) is 5.32 Å². The first-order valence-electron chi connectivity index (χ1n) is 6.13. The number of halogens is 1. The minimum Gasteiger partial charge on any atom is -0.478 e. The number of carbonyl (C=O) groups excluding carboxylic acids is 1. The molecule has 1 fully saturated rings. The lowest BCUT2D eigenvalue weighted by Gasteiger charge is -2.24. The number of aromatic carboxylic acids is 1. The van der Waals surface area contributed by atoms with Crippen LogP contribution in [0.25, 0.3) is 0 Å². The molecule has 1 atom stereocenters. The van der Waals surface area contributed by atoms with Gasteiger partial charge in [-0.15, -0.1) is 0 Å². The second-order valence-corrected chi connectivity index (χ2v) is 5.70. The van der Waals surface area contributed by atoms with Crippen LogP contribution in [-0.2, 0) is 0 Å². The predicted molar refractivity (Wildman–Crippen MR) is 75.9 cm³/mol. The van der Waals surface area contributed by atoms with E-state index >= 15 is 0 Å². The highest BCUT2D eigenvalue weighted by molar-refractivity contribution is 7.99. The molecule has 0 radical (unpaired) electrons. The smallest absolute Gasteiger partial charge is 0.337 e. The van der Waals surface area contributed by atoms with Crippen LogP contribution in [0.4, 0.5) is 14.9 Å².